The van der Waals surface area contributed by atoms with Crippen molar-refractivity contribution < 1.29 is 14.3 Å². The molecule has 1 aliphatic heterocycles. The number of amides is 2. The van der Waals surface area contributed by atoms with Gasteiger partial charge in [0.1, 0.15) is 0 Å². The maximum Gasteiger partial charge on any atom is 0.262 e. The molecule has 0 atom stereocenters. The fraction of sp³-hybridized carbons (Fsp3) is 0.304. The molecule has 0 saturated heterocycles. The molecule has 0 fully saturated rings. The minimum absolute atomic E-state index is 0.155. The van der Waals surface area contributed by atoms with Crippen LogP contribution in [-0.4, -0.2) is 31.1 Å². The quantitative estimate of drug-likeness (QED) is 0.516. The molecule has 2 amide bonds. The van der Waals surface area contributed by atoms with Crippen LogP contribution >= 0.6 is 11.8 Å². The Kier molecular flexibility index (Phi) is 7.12. The Labute approximate surface area is 175 Å². The zero-order valence-electron chi connectivity index (χ0n) is 17.0. The van der Waals surface area contributed by atoms with Gasteiger partial charge in [0.15, 0.2) is 0 Å². The zero-order chi connectivity index (χ0) is 20.8. The van der Waals surface area contributed by atoms with E-state index in [-0.39, 0.29) is 17.9 Å². The van der Waals surface area contributed by atoms with Crippen LogP contribution in [0.2, 0.25) is 0 Å². The monoisotopic (exact) mass is 410 g/mol. The molecule has 1 heterocycles. The smallest absolute Gasteiger partial charge is 0.262 e. The number of nitrogens with one attached hydrogen (secondary N) is 2. The van der Waals surface area contributed by atoms with Gasteiger partial charge in [-0.15, -0.1) is 0 Å². The highest BCUT2D eigenvalue weighted by Crippen LogP contribution is 2.39. The Balaban J connectivity index is 1.63. The van der Waals surface area contributed by atoms with E-state index in [0.717, 1.165) is 16.9 Å². The summed E-state index contributed by atoms with van der Waals surface area (Å²) in [4.78, 5) is 26.4. The van der Waals surface area contributed by atoms with Crippen molar-refractivity contribution >= 4 is 35.3 Å². The van der Waals surface area contributed by atoms with E-state index in [2.05, 4.69) is 10.6 Å². The largest absolute Gasteiger partial charge is 0.379 e. The number of ether oxygens (including phenoxy) is 1. The van der Waals surface area contributed by atoms with Crippen molar-refractivity contribution in [2.75, 3.05) is 18.5 Å². The van der Waals surface area contributed by atoms with Crippen molar-refractivity contribution in [1.82, 2.24) is 5.32 Å². The lowest BCUT2D eigenvalue weighted by Crippen LogP contribution is -2.26. The Morgan fingerprint density at radius 3 is 2.69 bits per heavy atom. The highest BCUT2D eigenvalue weighted by atomic mass is 32.2. The van der Waals surface area contributed by atoms with Gasteiger partial charge in [0, 0.05) is 23.6 Å². The highest BCUT2D eigenvalue weighted by Gasteiger charge is 2.22. The van der Waals surface area contributed by atoms with Crippen LogP contribution in [0.4, 0.5) is 5.69 Å². The molecule has 0 unspecified atom stereocenters. The lowest BCUT2D eigenvalue weighted by Gasteiger charge is -2.19. The summed E-state index contributed by atoms with van der Waals surface area (Å²) >= 11 is 1.41. The van der Waals surface area contributed by atoms with Gasteiger partial charge in [0.05, 0.1) is 16.7 Å². The topological polar surface area (TPSA) is 67.4 Å². The zero-order valence-corrected chi connectivity index (χ0v) is 17.8. The standard InChI is InChI=1S/C23H26N2O3S/c1-15(2)28-12-4-11-24-22(26)18-9-10-20-19(14-18)25-23(27)21(29-20)13-17-7-5-16(3)6-8-17/h5-10,13-15H,4,11-12H2,1-3H3,(H,24,26)(H,25,27). The van der Waals surface area contributed by atoms with Gasteiger partial charge in [-0.25, -0.2) is 0 Å². The van der Waals surface area contributed by atoms with Crippen LogP contribution < -0.4 is 10.6 Å². The van der Waals surface area contributed by atoms with E-state index in [0.29, 0.717) is 29.3 Å². The van der Waals surface area contributed by atoms with Gasteiger partial charge in [0.25, 0.3) is 11.8 Å². The molecule has 2 N–H and O–H groups in total. The van der Waals surface area contributed by atoms with E-state index in [1.54, 1.807) is 12.1 Å². The van der Waals surface area contributed by atoms with Crippen LogP contribution in [0.5, 0.6) is 0 Å². The molecule has 1 aliphatic rings. The number of rotatable bonds is 7. The highest BCUT2D eigenvalue weighted by molar-refractivity contribution is 8.04. The third-order valence-corrected chi connectivity index (χ3v) is 5.47. The summed E-state index contributed by atoms with van der Waals surface area (Å²) in [5, 5.41) is 5.78. The maximum atomic E-state index is 12.5. The summed E-state index contributed by atoms with van der Waals surface area (Å²) in [6.45, 7) is 7.17. The predicted molar refractivity (Wildman–Crippen MR) is 118 cm³/mol. The van der Waals surface area contributed by atoms with Crippen molar-refractivity contribution in [2.24, 2.45) is 0 Å². The summed E-state index contributed by atoms with van der Waals surface area (Å²) in [6.07, 6.45) is 2.83. The summed E-state index contributed by atoms with van der Waals surface area (Å²) in [7, 11) is 0. The van der Waals surface area contributed by atoms with Crippen molar-refractivity contribution in [3.05, 3.63) is 64.1 Å². The van der Waals surface area contributed by atoms with Crippen LogP contribution in [-0.2, 0) is 9.53 Å². The van der Waals surface area contributed by atoms with E-state index >= 15 is 0 Å². The second-order valence-corrected chi connectivity index (χ2v) is 8.30. The number of hydrogen-bond donors (Lipinski definition) is 2. The van der Waals surface area contributed by atoms with Gasteiger partial charge in [0.2, 0.25) is 0 Å². The van der Waals surface area contributed by atoms with E-state index in [1.807, 2.05) is 57.2 Å². The number of thioether (sulfide) groups is 1. The van der Waals surface area contributed by atoms with E-state index in [1.165, 1.54) is 17.3 Å². The fourth-order valence-electron chi connectivity index (χ4n) is 2.81. The Hall–Kier alpha value is -2.57. The summed E-state index contributed by atoms with van der Waals surface area (Å²) < 4.78 is 5.47. The molecule has 0 saturated carbocycles. The van der Waals surface area contributed by atoms with Gasteiger partial charge in [-0.05, 0) is 57.0 Å². The third-order valence-electron chi connectivity index (χ3n) is 4.37. The SMILES string of the molecule is Cc1ccc(C=C2Sc3ccc(C(=O)NCCCOC(C)C)cc3NC2=O)cc1. The first-order valence-electron chi connectivity index (χ1n) is 9.74. The van der Waals surface area contributed by atoms with Crippen LogP contribution in [0.3, 0.4) is 0 Å². The molecular weight excluding hydrogens is 384 g/mol. The van der Waals surface area contributed by atoms with Crippen molar-refractivity contribution in [2.45, 2.75) is 38.2 Å². The van der Waals surface area contributed by atoms with Gasteiger partial charge >= 0.3 is 0 Å². The van der Waals surface area contributed by atoms with Gasteiger partial charge in [-0.3, -0.25) is 9.59 Å². The maximum absolute atomic E-state index is 12.5. The minimum atomic E-state index is -0.161. The molecule has 0 spiro atoms. The normalized spacial score (nSPS) is 14.6. The number of benzene rings is 2. The number of fused-ring (bicyclic) bond motifs is 1. The van der Waals surface area contributed by atoms with Crippen LogP contribution in [0.1, 0.15) is 41.8 Å². The molecule has 2 aromatic carbocycles. The van der Waals surface area contributed by atoms with Gasteiger partial charge in [-0.1, -0.05) is 41.6 Å². The second-order valence-electron chi connectivity index (χ2n) is 7.22. The first kappa shape index (κ1) is 21.1. The number of anilines is 1. The van der Waals surface area contributed by atoms with Crippen molar-refractivity contribution in [3.63, 3.8) is 0 Å². The summed E-state index contributed by atoms with van der Waals surface area (Å²) in [6, 6.07) is 13.4. The average Bonchev–Trinajstić information content (AvgIpc) is 2.69. The van der Waals surface area contributed by atoms with E-state index in [4.69, 9.17) is 4.74 Å². The average molecular weight is 411 g/mol. The van der Waals surface area contributed by atoms with E-state index < -0.39 is 0 Å². The number of aryl methyl sites for hydroxylation is 1. The second kappa shape index (κ2) is 9.76. The molecule has 0 bridgehead atoms. The Morgan fingerprint density at radius 1 is 1.21 bits per heavy atom. The minimum Gasteiger partial charge on any atom is -0.379 e. The molecule has 5 nitrogen and oxygen atoms in total. The number of hydrogen-bond acceptors (Lipinski definition) is 4. The van der Waals surface area contributed by atoms with Crippen LogP contribution in [0, 0.1) is 6.92 Å². The molecule has 3 rings (SSSR count). The summed E-state index contributed by atoms with van der Waals surface area (Å²) in [5.41, 5.74) is 3.35. The van der Waals surface area contributed by atoms with Crippen molar-refractivity contribution in [1.29, 1.82) is 0 Å². The number of carbonyl (C=O) groups excluding carboxylic acids is 2. The van der Waals surface area contributed by atoms with Crippen LogP contribution in [0.15, 0.2) is 52.3 Å². The Morgan fingerprint density at radius 2 is 1.97 bits per heavy atom. The molecule has 2 aromatic rings. The van der Waals surface area contributed by atoms with Crippen molar-refractivity contribution in [3.8, 4) is 0 Å². The lowest BCUT2D eigenvalue weighted by atomic mass is 10.1. The number of carbonyl (C=O) groups is 2. The first-order chi connectivity index (χ1) is 13.9. The molecule has 152 valence electrons. The summed E-state index contributed by atoms with van der Waals surface area (Å²) in [5.74, 6) is -0.316. The molecule has 6 heteroatoms. The molecule has 29 heavy (non-hydrogen) atoms. The van der Waals surface area contributed by atoms with E-state index in [9.17, 15) is 9.59 Å². The lowest BCUT2D eigenvalue weighted by molar-refractivity contribution is -0.112. The molecule has 0 aliphatic carbocycles. The molecule has 0 radical (unpaired) electrons. The van der Waals surface area contributed by atoms with Gasteiger partial charge < -0.3 is 15.4 Å². The fourth-order valence-corrected chi connectivity index (χ4v) is 3.74. The Bertz CT molecular complexity index is 920. The van der Waals surface area contributed by atoms with Gasteiger partial charge in [-0.2, -0.15) is 0 Å². The molecular formula is C23H26N2O3S. The third kappa shape index (κ3) is 5.95. The molecule has 0 aromatic heterocycles. The predicted octanol–water partition coefficient (Wildman–Crippen LogP) is 4.63. The van der Waals surface area contributed by atoms with Crippen LogP contribution in [0.25, 0.3) is 6.08 Å². The first-order valence-corrected chi connectivity index (χ1v) is 10.6.